The highest BCUT2D eigenvalue weighted by molar-refractivity contribution is 4.94. The third-order valence-electron chi connectivity index (χ3n) is 3.77. The lowest BCUT2D eigenvalue weighted by Crippen LogP contribution is -2.46. The van der Waals surface area contributed by atoms with Crippen LogP contribution in [0.3, 0.4) is 0 Å². The van der Waals surface area contributed by atoms with Gasteiger partial charge in [-0.25, -0.2) is 0 Å². The van der Waals surface area contributed by atoms with Gasteiger partial charge >= 0.3 is 0 Å². The average Bonchev–Trinajstić information content (AvgIpc) is 2.75. The molecule has 76 valence electrons. The predicted molar refractivity (Wildman–Crippen MR) is 55.8 cm³/mol. The van der Waals surface area contributed by atoms with Crippen LogP contribution in [0.4, 0.5) is 0 Å². The van der Waals surface area contributed by atoms with Crippen molar-refractivity contribution < 1.29 is 0 Å². The molecule has 2 fully saturated rings. The van der Waals surface area contributed by atoms with Gasteiger partial charge in [-0.15, -0.1) is 0 Å². The zero-order valence-electron chi connectivity index (χ0n) is 9.09. The summed E-state index contributed by atoms with van der Waals surface area (Å²) in [6, 6.07) is 2.40. The van der Waals surface area contributed by atoms with Gasteiger partial charge in [0.2, 0.25) is 0 Å². The molecule has 0 aromatic carbocycles. The third-order valence-corrected chi connectivity index (χ3v) is 3.77. The van der Waals surface area contributed by atoms with Crippen LogP contribution in [0.25, 0.3) is 0 Å². The minimum atomic E-state index is 0.764. The van der Waals surface area contributed by atoms with Crippen LogP contribution in [0.1, 0.15) is 33.1 Å². The summed E-state index contributed by atoms with van der Waals surface area (Å²) < 4.78 is 0. The van der Waals surface area contributed by atoms with Crippen LogP contribution < -0.4 is 5.32 Å². The zero-order chi connectivity index (χ0) is 9.42. The molecule has 13 heavy (non-hydrogen) atoms. The molecule has 1 saturated heterocycles. The molecule has 4 atom stereocenters. The lowest BCUT2D eigenvalue weighted by Gasteiger charge is -2.35. The Bertz CT molecular complexity index is 179. The summed E-state index contributed by atoms with van der Waals surface area (Å²) >= 11 is 0. The molecular formula is C11H22N2. The summed E-state index contributed by atoms with van der Waals surface area (Å²) in [5, 5.41) is 3.77. The maximum Gasteiger partial charge on any atom is 0.00990 e. The Labute approximate surface area is 81.7 Å². The standard InChI is InChI=1S/C11H22N2/c1-8-6-11(8)12-10-4-5-13(3)9(2)7-10/h8-12H,4-7H2,1-3H3. The van der Waals surface area contributed by atoms with Gasteiger partial charge in [0.05, 0.1) is 0 Å². The highest BCUT2D eigenvalue weighted by atomic mass is 15.2. The lowest BCUT2D eigenvalue weighted by molar-refractivity contribution is 0.167. The van der Waals surface area contributed by atoms with E-state index in [0.717, 1.165) is 24.0 Å². The van der Waals surface area contributed by atoms with E-state index >= 15 is 0 Å². The number of hydrogen-bond acceptors (Lipinski definition) is 2. The van der Waals surface area contributed by atoms with Gasteiger partial charge in [0, 0.05) is 18.1 Å². The van der Waals surface area contributed by atoms with Crippen LogP contribution >= 0.6 is 0 Å². The number of piperidine rings is 1. The van der Waals surface area contributed by atoms with E-state index in [9.17, 15) is 0 Å². The van der Waals surface area contributed by atoms with E-state index in [0.29, 0.717) is 0 Å². The Kier molecular flexibility index (Phi) is 2.61. The van der Waals surface area contributed by atoms with E-state index in [4.69, 9.17) is 0 Å². The van der Waals surface area contributed by atoms with Gasteiger partial charge in [-0.1, -0.05) is 6.92 Å². The summed E-state index contributed by atoms with van der Waals surface area (Å²) in [5.74, 6) is 0.940. The third kappa shape index (κ3) is 2.23. The Balaban J connectivity index is 1.75. The summed E-state index contributed by atoms with van der Waals surface area (Å²) in [5.41, 5.74) is 0. The van der Waals surface area contributed by atoms with Crippen molar-refractivity contribution >= 4 is 0 Å². The van der Waals surface area contributed by atoms with E-state index in [1.807, 2.05) is 0 Å². The quantitative estimate of drug-likeness (QED) is 0.695. The number of nitrogens with zero attached hydrogens (tertiary/aromatic N) is 1. The first-order valence-corrected chi connectivity index (χ1v) is 5.63. The van der Waals surface area contributed by atoms with Crippen molar-refractivity contribution in [1.29, 1.82) is 0 Å². The van der Waals surface area contributed by atoms with Gasteiger partial charge in [0.15, 0.2) is 0 Å². The van der Waals surface area contributed by atoms with Gasteiger partial charge in [0.1, 0.15) is 0 Å². The molecule has 0 spiro atoms. The predicted octanol–water partition coefficient (Wildman–Crippen LogP) is 1.47. The molecule has 1 aliphatic heterocycles. The fourth-order valence-corrected chi connectivity index (χ4v) is 2.30. The molecule has 1 N–H and O–H groups in total. The first-order chi connectivity index (χ1) is 6.16. The van der Waals surface area contributed by atoms with Crippen LogP contribution in [0.2, 0.25) is 0 Å². The smallest absolute Gasteiger partial charge is 0.00990 e. The molecule has 0 amide bonds. The number of hydrogen-bond donors (Lipinski definition) is 1. The van der Waals surface area contributed by atoms with Crippen molar-refractivity contribution in [3.63, 3.8) is 0 Å². The fourth-order valence-electron chi connectivity index (χ4n) is 2.30. The molecule has 0 aromatic rings. The van der Waals surface area contributed by atoms with E-state index in [2.05, 4.69) is 31.1 Å². The molecule has 2 rings (SSSR count). The molecule has 1 heterocycles. The van der Waals surface area contributed by atoms with Crippen molar-refractivity contribution in [2.24, 2.45) is 5.92 Å². The molecule has 1 aliphatic carbocycles. The Hall–Kier alpha value is -0.0800. The van der Waals surface area contributed by atoms with E-state index in [-0.39, 0.29) is 0 Å². The second-order valence-electron chi connectivity index (χ2n) is 5.04. The highest BCUT2D eigenvalue weighted by Gasteiger charge is 2.35. The van der Waals surface area contributed by atoms with Gasteiger partial charge in [0.25, 0.3) is 0 Å². The largest absolute Gasteiger partial charge is 0.311 e. The maximum atomic E-state index is 3.77. The highest BCUT2D eigenvalue weighted by Crippen LogP contribution is 2.31. The van der Waals surface area contributed by atoms with Crippen LogP contribution in [-0.2, 0) is 0 Å². The average molecular weight is 182 g/mol. The summed E-state index contributed by atoms with van der Waals surface area (Å²) in [6.45, 7) is 5.94. The summed E-state index contributed by atoms with van der Waals surface area (Å²) in [6.07, 6.45) is 4.07. The molecule has 1 saturated carbocycles. The maximum absolute atomic E-state index is 3.77. The van der Waals surface area contributed by atoms with Crippen molar-refractivity contribution in [3.8, 4) is 0 Å². The van der Waals surface area contributed by atoms with Crippen molar-refractivity contribution in [2.45, 2.75) is 51.2 Å². The van der Waals surface area contributed by atoms with Crippen LogP contribution in [0.15, 0.2) is 0 Å². The Morgan fingerprint density at radius 1 is 1.23 bits per heavy atom. The molecule has 2 nitrogen and oxygen atoms in total. The van der Waals surface area contributed by atoms with E-state index in [1.54, 1.807) is 0 Å². The number of rotatable bonds is 2. The molecule has 0 radical (unpaired) electrons. The lowest BCUT2D eigenvalue weighted by atomic mass is 9.99. The molecule has 0 bridgehead atoms. The number of likely N-dealkylation sites (tertiary alicyclic amines) is 1. The van der Waals surface area contributed by atoms with Gasteiger partial charge in [-0.2, -0.15) is 0 Å². The number of nitrogens with one attached hydrogen (secondary N) is 1. The molecular weight excluding hydrogens is 160 g/mol. The SMILES string of the molecule is CC1CC1NC1CCN(C)C(C)C1. The van der Waals surface area contributed by atoms with Gasteiger partial charge in [-0.05, 0) is 45.7 Å². The van der Waals surface area contributed by atoms with Crippen LogP contribution in [-0.4, -0.2) is 36.6 Å². The first-order valence-electron chi connectivity index (χ1n) is 5.63. The van der Waals surface area contributed by atoms with E-state index < -0.39 is 0 Å². The minimum absolute atomic E-state index is 0.764. The van der Waals surface area contributed by atoms with Crippen molar-refractivity contribution in [3.05, 3.63) is 0 Å². The second-order valence-corrected chi connectivity index (χ2v) is 5.04. The fraction of sp³-hybridized carbons (Fsp3) is 1.00. The molecule has 2 aliphatic rings. The Morgan fingerprint density at radius 3 is 2.46 bits per heavy atom. The summed E-state index contributed by atoms with van der Waals surface area (Å²) in [4.78, 5) is 2.47. The molecule has 0 aromatic heterocycles. The topological polar surface area (TPSA) is 15.3 Å². The molecule has 2 heteroatoms. The normalized spacial score (nSPS) is 46.4. The zero-order valence-corrected chi connectivity index (χ0v) is 9.09. The Morgan fingerprint density at radius 2 is 1.92 bits per heavy atom. The van der Waals surface area contributed by atoms with Gasteiger partial charge in [-0.3, -0.25) is 0 Å². The van der Waals surface area contributed by atoms with Crippen molar-refractivity contribution in [2.75, 3.05) is 13.6 Å². The second kappa shape index (κ2) is 3.58. The summed E-state index contributed by atoms with van der Waals surface area (Å²) in [7, 11) is 2.24. The molecule has 4 unspecified atom stereocenters. The monoisotopic (exact) mass is 182 g/mol. The van der Waals surface area contributed by atoms with Crippen LogP contribution in [0.5, 0.6) is 0 Å². The van der Waals surface area contributed by atoms with Crippen LogP contribution in [0, 0.1) is 5.92 Å². The van der Waals surface area contributed by atoms with Gasteiger partial charge < -0.3 is 10.2 Å². The van der Waals surface area contributed by atoms with Crippen molar-refractivity contribution in [1.82, 2.24) is 10.2 Å². The van der Waals surface area contributed by atoms with E-state index in [1.165, 1.54) is 25.8 Å². The minimum Gasteiger partial charge on any atom is -0.311 e. The first kappa shape index (κ1) is 9.47.